The van der Waals surface area contributed by atoms with Crippen molar-refractivity contribution in [3.05, 3.63) is 47.6 Å². The molecule has 2 heterocycles. The van der Waals surface area contributed by atoms with Crippen LogP contribution in [0.15, 0.2) is 42.6 Å². The highest BCUT2D eigenvalue weighted by atomic mass is 35.5. The third kappa shape index (κ3) is 1.68. The molecule has 84 valence electrons. The lowest BCUT2D eigenvalue weighted by Gasteiger charge is -2.05. The highest BCUT2D eigenvalue weighted by Crippen LogP contribution is 2.27. The Morgan fingerprint density at radius 3 is 2.76 bits per heavy atom. The molecule has 0 fully saturated rings. The van der Waals surface area contributed by atoms with Gasteiger partial charge in [-0.15, -0.1) is 0 Å². The maximum Gasteiger partial charge on any atom is 0.0905 e. The minimum absolute atomic E-state index is 0.715. The van der Waals surface area contributed by atoms with Gasteiger partial charge < -0.3 is 0 Å². The molecule has 0 N–H and O–H groups in total. The Morgan fingerprint density at radius 1 is 1.18 bits per heavy atom. The van der Waals surface area contributed by atoms with Gasteiger partial charge in [-0.25, -0.2) is 4.98 Å². The van der Waals surface area contributed by atoms with Gasteiger partial charge in [0.2, 0.25) is 0 Å². The molecule has 17 heavy (non-hydrogen) atoms. The van der Waals surface area contributed by atoms with Crippen LogP contribution < -0.4 is 0 Å². The summed E-state index contributed by atoms with van der Waals surface area (Å²) in [5, 5.41) is 5.82. The molecule has 0 aliphatic rings. The van der Waals surface area contributed by atoms with Crippen LogP contribution in [0.3, 0.4) is 0 Å². The molecule has 0 amide bonds. The number of fused-ring (bicyclic) bond motifs is 1. The Balaban J connectivity index is 2.29. The van der Waals surface area contributed by atoms with Crippen LogP contribution in [0, 0.1) is 0 Å². The predicted octanol–water partition coefficient (Wildman–Crippen LogP) is 3.29. The van der Waals surface area contributed by atoms with E-state index in [4.69, 9.17) is 11.6 Å². The van der Waals surface area contributed by atoms with Crippen molar-refractivity contribution in [3.8, 4) is 11.4 Å². The van der Waals surface area contributed by atoms with Crippen LogP contribution in [-0.2, 0) is 7.05 Å². The van der Waals surface area contributed by atoms with Gasteiger partial charge in [0.05, 0.1) is 21.9 Å². The standard InChI is InChI=1S/C13H10ClN3/c1-17-13(6-7-15-17)12-8-10(14)9-4-2-3-5-11(9)16-12/h2-8H,1H3. The highest BCUT2D eigenvalue weighted by Gasteiger charge is 2.08. The number of nitrogens with zero attached hydrogens (tertiary/aromatic N) is 3. The van der Waals surface area contributed by atoms with Crippen molar-refractivity contribution < 1.29 is 0 Å². The van der Waals surface area contributed by atoms with E-state index < -0.39 is 0 Å². The molecule has 0 bridgehead atoms. The van der Waals surface area contributed by atoms with Crippen LogP contribution in [0.2, 0.25) is 5.02 Å². The molecule has 3 nitrogen and oxygen atoms in total. The van der Waals surface area contributed by atoms with Gasteiger partial charge in [-0.1, -0.05) is 29.8 Å². The predicted molar refractivity (Wildman–Crippen MR) is 69.0 cm³/mol. The molecule has 0 aliphatic carbocycles. The Labute approximate surface area is 104 Å². The lowest BCUT2D eigenvalue weighted by Crippen LogP contribution is -1.95. The van der Waals surface area contributed by atoms with E-state index in [1.54, 1.807) is 10.9 Å². The fourth-order valence-electron chi connectivity index (χ4n) is 1.89. The first kappa shape index (κ1) is 10.3. The van der Waals surface area contributed by atoms with Crippen LogP contribution in [-0.4, -0.2) is 14.8 Å². The Hall–Kier alpha value is -1.87. The zero-order valence-electron chi connectivity index (χ0n) is 9.26. The first-order valence-electron chi connectivity index (χ1n) is 5.29. The molecule has 3 aromatic rings. The summed E-state index contributed by atoms with van der Waals surface area (Å²) in [6.45, 7) is 0. The lowest BCUT2D eigenvalue weighted by molar-refractivity contribution is 0.774. The Kier molecular flexibility index (Phi) is 2.34. The summed E-state index contributed by atoms with van der Waals surface area (Å²) < 4.78 is 1.79. The first-order valence-corrected chi connectivity index (χ1v) is 5.67. The summed E-state index contributed by atoms with van der Waals surface area (Å²) in [4.78, 5) is 4.59. The van der Waals surface area contributed by atoms with Crippen molar-refractivity contribution in [2.24, 2.45) is 7.05 Å². The summed E-state index contributed by atoms with van der Waals surface area (Å²) in [6, 6.07) is 11.6. The number of rotatable bonds is 1. The van der Waals surface area contributed by atoms with Crippen molar-refractivity contribution in [1.29, 1.82) is 0 Å². The zero-order chi connectivity index (χ0) is 11.8. The Bertz CT molecular complexity index is 688. The summed E-state index contributed by atoms with van der Waals surface area (Å²) in [6.07, 6.45) is 1.75. The van der Waals surface area contributed by atoms with Gasteiger partial charge in [0.1, 0.15) is 0 Å². The van der Waals surface area contributed by atoms with Crippen molar-refractivity contribution in [2.75, 3.05) is 0 Å². The van der Waals surface area contributed by atoms with E-state index >= 15 is 0 Å². The normalized spacial score (nSPS) is 10.9. The third-order valence-corrected chi connectivity index (χ3v) is 3.06. The van der Waals surface area contributed by atoms with E-state index in [1.165, 1.54) is 0 Å². The quantitative estimate of drug-likeness (QED) is 0.657. The SMILES string of the molecule is Cn1nccc1-c1cc(Cl)c2ccccc2n1. The monoisotopic (exact) mass is 243 g/mol. The van der Waals surface area contributed by atoms with Gasteiger partial charge >= 0.3 is 0 Å². The Morgan fingerprint density at radius 2 is 2.00 bits per heavy atom. The van der Waals surface area contributed by atoms with Gasteiger partial charge in [-0.2, -0.15) is 5.10 Å². The number of hydrogen-bond donors (Lipinski definition) is 0. The number of para-hydroxylation sites is 1. The van der Waals surface area contributed by atoms with Crippen LogP contribution in [0.4, 0.5) is 0 Å². The van der Waals surface area contributed by atoms with Crippen LogP contribution in [0.5, 0.6) is 0 Å². The molecule has 0 spiro atoms. The zero-order valence-corrected chi connectivity index (χ0v) is 10.0. The second-order valence-corrected chi connectivity index (χ2v) is 4.25. The number of aryl methyl sites for hydroxylation is 1. The molecule has 0 atom stereocenters. The molecule has 4 heteroatoms. The van der Waals surface area contributed by atoms with Gasteiger partial charge in [0.15, 0.2) is 0 Å². The molecule has 0 saturated heterocycles. The third-order valence-electron chi connectivity index (χ3n) is 2.75. The fourth-order valence-corrected chi connectivity index (χ4v) is 2.15. The number of pyridine rings is 1. The second-order valence-electron chi connectivity index (χ2n) is 3.85. The molecule has 0 aliphatic heterocycles. The maximum absolute atomic E-state index is 6.26. The molecule has 0 saturated carbocycles. The number of aromatic nitrogens is 3. The average molecular weight is 244 g/mol. The maximum atomic E-state index is 6.26. The van der Waals surface area contributed by atoms with Crippen molar-refractivity contribution in [2.45, 2.75) is 0 Å². The number of halogens is 1. The van der Waals surface area contributed by atoms with Gasteiger partial charge in [0.25, 0.3) is 0 Å². The van der Waals surface area contributed by atoms with E-state index in [1.807, 2.05) is 43.4 Å². The molecule has 0 radical (unpaired) electrons. The summed E-state index contributed by atoms with van der Waals surface area (Å²) in [7, 11) is 1.89. The minimum Gasteiger partial charge on any atom is -0.266 e. The first-order chi connectivity index (χ1) is 8.25. The number of hydrogen-bond acceptors (Lipinski definition) is 2. The van der Waals surface area contributed by atoms with Crippen LogP contribution in [0.25, 0.3) is 22.3 Å². The molecule has 2 aromatic heterocycles. The van der Waals surface area contributed by atoms with E-state index in [-0.39, 0.29) is 0 Å². The molecule has 1 aromatic carbocycles. The molecular formula is C13H10ClN3. The highest BCUT2D eigenvalue weighted by molar-refractivity contribution is 6.35. The van der Waals surface area contributed by atoms with Crippen LogP contribution in [0.1, 0.15) is 0 Å². The van der Waals surface area contributed by atoms with E-state index in [9.17, 15) is 0 Å². The summed E-state index contributed by atoms with van der Waals surface area (Å²) in [5.74, 6) is 0. The van der Waals surface area contributed by atoms with Gasteiger partial charge in [-0.3, -0.25) is 4.68 Å². The molecular weight excluding hydrogens is 234 g/mol. The lowest BCUT2D eigenvalue weighted by atomic mass is 10.2. The second kappa shape index (κ2) is 3.86. The van der Waals surface area contributed by atoms with E-state index in [0.29, 0.717) is 5.02 Å². The van der Waals surface area contributed by atoms with Crippen molar-refractivity contribution in [3.63, 3.8) is 0 Å². The number of benzene rings is 1. The fraction of sp³-hybridized carbons (Fsp3) is 0.0769. The smallest absolute Gasteiger partial charge is 0.0905 e. The van der Waals surface area contributed by atoms with Gasteiger partial charge in [-0.05, 0) is 18.2 Å². The topological polar surface area (TPSA) is 30.7 Å². The largest absolute Gasteiger partial charge is 0.266 e. The van der Waals surface area contributed by atoms with Crippen LogP contribution >= 0.6 is 11.6 Å². The van der Waals surface area contributed by atoms with Crippen molar-refractivity contribution >= 4 is 22.5 Å². The summed E-state index contributed by atoms with van der Waals surface area (Å²) in [5.41, 5.74) is 2.70. The molecule has 0 unspecified atom stereocenters. The average Bonchev–Trinajstić information content (AvgIpc) is 2.75. The van der Waals surface area contributed by atoms with E-state index in [0.717, 1.165) is 22.3 Å². The van der Waals surface area contributed by atoms with Crippen molar-refractivity contribution in [1.82, 2.24) is 14.8 Å². The van der Waals surface area contributed by atoms with E-state index in [2.05, 4.69) is 10.1 Å². The minimum atomic E-state index is 0.715. The van der Waals surface area contributed by atoms with Gasteiger partial charge in [0, 0.05) is 18.6 Å². The summed E-state index contributed by atoms with van der Waals surface area (Å²) >= 11 is 6.26. The molecule has 3 rings (SSSR count).